The molecule has 27 heavy (non-hydrogen) atoms. The van der Waals surface area contributed by atoms with E-state index in [1.807, 2.05) is 0 Å². The Hall–Kier alpha value is -1.07. The summed E-state index contributed by atoms with van der Waals surface area (Å²) in [6.07, 6.45) is 9.61. The maximum absolute atomic E-state index is 12.2. The van der Waals surface area contributed by atoms with Gasteiger partial charge in [0.1, 0.15) is 11.9 Å². The molecule has 0 saturated heterocycles. The lowest BCUT2D eigenvalue weighted by atomic mass is 9.85. The average molecular weight is 383 g/mol. The van der Waals surface area contributed by atoms with E-state index >= 15 is 0 Å². The molecule has 0 aromatic carbocycles. The van der Waals surface area contributed by atoms with Crippen LogP contribution in [0.4, 0.5) is 0 Å². The topological polar surface area (TPSA) is 91.7 Å². The molecule has 156 valence electrons. The molecule has 1 rings (SSSR count). The van der Waals surface area contributed by atoms with E-state index in [2.05, 4.69) is 13.8 Å². The Balaban J connectivity index is 2.28. The molecular weight excluding hydrogens is 344 g/mol. The van der Waals surface area contributed by atoms with Gasteiger partial charge in [0, 0.05) is 18.8 Å². The number of aliphatic hydroxyl groups is 2. The second-order valence-corrected chi connectivity index (χ2v) is 8.28. The van der Waals surface area contributed by atoms with Gasteiger partial charge in [0.15, 0.2) is 0 Å². The Kier molecular flexibility index (Phi) is 11.7. The molecule has 1 aliphatic rings. The molecule has 4 atom stereocenters. The highest BCUT2D eigenvalue weighted by atomic mass is 16.3. The quantitative estimate of drug-likeness (QED) is 0.333. The van der Waals surface area contributed by atoms with Crippen LogP contribution in [-0.4, -0.2) is 40.3 Å². The third-order valence-corrected chi connectivity index (χ3v) is 5.99. The van der Waals surface area contributed by atoms with E-state index in [0.717, 1.165) is 31.6 Å². The minimum absolute atomic E-state index is 0.0798. The summed E-state index contributed by atoms with van der Waals surface area (Å²) in [5.74, 6) is 0.168. The van der Waals surface area contributed by atoms with Crippen LogP contribution in [-0.2, 0) is 14.4 Å². The van der Waals surface area contributed by atoms with Crippen LogP contribution in [0.3, 0.4) is 0 Å². The van der Waals surface area contributed by atoms with Gasteiger partial charge in [-0.05, 0) is 37.5 Å². The third kappa shape index (κ3) is 8.65. The van der Waals surface area contributed by atoms with E-state index in [0.29, 0.717) is 24.5 Å². The number of hydrogen-bond donors (Lipinski definition) is 2. The fraction of sp³-hybridized carbons (Fsp3) is 0.864. The highest BCUT2D eigenvalue weighted by molar-refractivity contribution is 6.38. The van der Waals surface area contributed by atoms with Crippen molar-refractivity contribution in [1.29, 1.82) is 0 Å². The Morgan fingerprint density at radius 3 is 2.48 bits per heavy atom. The summed E-state index contributed by atoms with van der Waals surface area (Å²) in [5.41, 5.74) is 0. The predicted molar refractivity (Wildman–Crippen MR) is 105 cm³/mol. The summed E-state index contributed by atoms with van der Waals surface area (Å²) in [7, 11) is 0. The van der Waals surface area contributed by atoms with Crippen LogP contribution in [0.25, 0.3) is 0 Å². The van der Waals surface area contributed by atoms with Crippen molar-refractivity contribution in [3.8, 4) is 0 Å². The van der Waals surface area contributed by atoms with Crippen molar-refractivity contribution in [2.75, 3.05) is 6.61 Å². The largest absolute Gasteiger partial charge is 0.393 e. The average Bonchev–Trinajstić information content (AvgIpc) is 3.01. The molecule has 1 aliphatic carbocycles. The number of carbonyl (C=O) groups excluding carboxylic acids is 3. The monoisotopic (exact) mass is 382 g/mol. The van der Waals surface area contributed by atoms with Gasteiger partial charge < -0.3 is 10.2 Å². The maximum Gasteiger partial charge on any atom is 0.229 e. The summed E-state index contributed by atoms with van der Waals surface area (Å²) < 4.78 is 0. The van der Waals surface area contributed by atoms with Gasteiger partial charge in [-0.15, -0.1) is 0 Å². The number of rotatable bonds is 15. The maximum atomic E-state index is 12.2. The van der Waals surface area contributed by atoms with Crippen LogP contribution in [0, 0.1) is 17.8 Å². The summed E-state index contributed by atoms with van der Waals surface area (Å²) >= 11 is 0. The predicted octanol–water partition coefficient (Wildman–Crippen LogP) is 3.63. The van der Waals surface area contributed by atoms with Crippen molar-refractivity contribution in [2.24, 2.45) is 17.8 Å². The van der Waals surface area contributed by atoms with E-state index in [9.17, 15) is 19.5 Å². The van der Waals surface area contributed by atoms with E-state index in [-0.39, 0.29) is 12.3 Å². The van der Waals surface area contributed by atoms with E-state index in [4.69, 9.17) is 5.11 Å². The Bertz CT molecular complexity index is 473. The highest BCUT2D eigenvalue weighted by Crippen LogP contribution is 2.36. The van der Waals surface area contributed by atoms with Crippen molar-refractivity contribution in [3.63, 3.8) is 0 Å². The van der Waals surface area contributed by atoms with Crippen LogP contribution < -0.4 is 0 Å². The molecule has 0 heterocycles. The van der Waals surface area contributed by atoms with Crippen molar-refractivity contribution in [2.45, 2.75) is 97.0 Å². The first kappa shape index (κ1) is 24.0. The number of unbranched alkanes of at least 4 members (excludes halogenated alkanes) is 2. The normalized spacial score (nSPS) is 22.0. The molecule has 0 aromatic rings. The Labute approximate surface area is 163 Å². The second-order valence-electron chi connectivity index (χ2n) is 8.28. The summed E-state index contributed by atoms with van der Waals surface area (Å²) in [5, 5.41) is 17.9. The first-order valence-corrected chi connectivity index (χ1v) is 10.8. The molecule has 0 amide bonds. The minimum Gasteiger partial charge on any atom is -0.393 e. The van der Waals surface area contributed by atoms with E-state index in [1.54, 1.807) is 0 Å². The van der Waals surface area contributed by atoms with Crippen LogP contribution in [0.2, 0.25) is 0 Å². The molecule has 0 aliphatic heterocycles. The molecule has 1 unspecified atom stereocenters. The van der Waals surface area contributed by atoms with Crippen molar-refractivity contribution in [3.05, 3.63) is 0 Å². The molecule has 1 fully saturated rings. The standard InChI is InChI=1S/C22H38O5/c1-3-4-8-16(2)9-7-10-17-13-14-19(24)18(17)11-5-6-12-20(25)22(27)21(26)15-23/h16-18,21,23,26H,3-15H2,1-2H3/t16-,17+,18-,21?/m1/s1. The zero-order chi connectivity index (χ0) is 20.2. The lowest BCUT2D eigenvalue weighted by Crippen LogP contribution is -2.31. The lowest BCUT2D eigenvalue weighted by Gasteiger charge is -2.19. The first-order valence-electron chi connectivity index (χ1n) is 10.8. The van der Waals surface area contributed by atoms with Crippen LogP contribution in [0.5, 0.6) is 0 Å². The fourth-order valence-electron chi connectivity index (χ4n) is 4.19. The van der Waals surface area contributed by atoms with Gasteiger partial charge in [-0.2, -0.15) is 0 Å². The second kappa shape index (κ2) is 13.2. The van der Waals surface area contributed by atoms with Crippen molar-refractivity contribution < 1.29 is 24.6 Å². The van der Waals surface area contributed by atoms with E-state index < -0.39 is 24.3 Å². The Morgan fingerprint density at radius 1 is 1.11 bits per heavy atom. The van der Waals surface area contributed by atoms with Crippen molar-refractivity contribution in [1.82, 2.24) is 0 Å². The molecule has 1 saturated carbocycles. The van der Waals surface area contributed by atoms with Crippen molar-refractivity contribution >= 4 is 17.3 Å². The molecule has 0 bridgehead atoms. The number of aliphatic hydroxyl groups excluding tert-OH is 2. The minimum atomic E-state index is -1.60. The zero-order valence-electron chi connectivity index (χ0n) is 17.1. The SMILES string of the molecule is CCCC[C@@H](C)CCC[C@H]1CCC(=O)[C@@H]1CCCCC(=O)C(=O)C(O)CO. The molecule has 0 aromatic heterocycles. The molecular formula is C22H38O5. The van der Waals surface area contributed by atoms with E-state index in [1.165, 1.54) is 32.1 Å². The number of carbonyl (C=O) groups is 3. The smallest absolute Gasteiger partial charge is 0.229 e. The third-order valence-electron chi connectivity index (χ3n) is 5.99. The molecule has 5 heteroatoms. The number of Topliss-reactive ketones (excluding diaryl/α,β-unsaturated/α-hetero) is 3. The van der Waals surface area contributed by atoms with Gasteiger partial charge in [-0.25, -0.2) is 0 Å². The van der Waals surface area contributed by atoms with Gasteiger partial charge in [-0.3, -0.25) is 14.4 Å². The van der Waals surface area contributed by atoms with Gasteiger partial charge in [-0.1, -0.05) is 52.4 Å². The zero-order valence-corrected chi connectivity index (χ0v) is 17.1. The van der Waals surface area contributed by atoms with Crippen LogP contribution in [0.1, 0.15) is 90.9 Å². The lowest BCUT2D eigenvalue weighted by molar-refractivity contribution is -0.142. The molecule has 5 nitrogen and oxygen atoms in total. The van der Waals surface area contributed by atoms with Gasteiger partial charge in [0.2, 0.25) is 11.6 Å². The number of ketones is 3. The summed E-state index contributed by atoms with van der Waals surface area (Å²) in [6, 6.07) is 0. The summed E-state index contributed by atoms with van der Waals surface area (Å²) in [4.78, 5) is 35.3. The van der Waals surface area contributed by atoms with Gasteiger partial charge in [0.05, 0.1) is 6.61 Å². The van der Waals surface area contributed by atoms with Gasteiger partial charge in [0.25, 0.3) is 0 Å². The van der Waals surface area contributed by atoms with Crippen LogP contribution in [0.15, 0.2) is 0 Å². The fourth-order valence-corrected chi connectivity index (χ4v) is 4.19. The van der Waals surface area contributed by atoms with Crippen LogP contribution >= 0.6 is 0 Å². The highest BCUT2D eigenvalue weighted by Gasteiger charge is 2.33. The summed E-state index contributed by atoms with van der Waals surface area (Å²) in [6.45, 7) is 3.82. The Morgan fingerprint density at radius 2 is 1.81 bits per heavy atom. The van der Waals surface area contributed by atoms with Gasteiger partial charge >= 0.3 is 0 Å². The molecule has 0 radical (unpaired) electrons. The molecule has 2 N–H and O–H groups in total. The number of hydrogen-bond acceptors (Lipinski definition) is 5. The molecule has 0 spiro atoms. The first-order chi connectivity index (χ1) is 12.9.